The van der Waals surface area contributed by atoms with E-state index in [0.717, 1.165) is 17.7 Å². The number of aliphatic imine (C=N–C) groups is 1. The van der Waals surface area contributed by atoms with Gasteiger partial charge in [-0.2, -0.15) is 0 Å². The zero-order chi connectivity index (χ0) is 17.5. The van der Waals surface area contributed by atoms with Crippen molar-refractivity contribution in [3.8, 4) is 0 Å². The van der Waals surface area contributed by atoms with Crippen molar-refractivity contribution in [2.75, 3.05) is 7.11 Å². The summed E-state index contributed by atoms with van der Waals surface area (Å²) in [7, 11) is 1.36. The van der Waals surface area contributed by atoms with Gasteiger partial charge in [-0.3, -0.25) is 14.8 Å². The molecule has 2 aliphatic rings. The Kier molecular flexibility index (Phi) is 4.11. The number of ketones is 1. The summed E-state index contributed by atoms with van der Waals surface area (Å²) in [5, 5.41) is 0. The van der Waals surface area contributed by atoms with Gasteiger partial charge in [0.1, 0.15) is 5.78 Å². The maximum Gasteiger partial charge on any atom is 0.336 e. The second-order valence-corrected chi connectivity index (χ2v) is 7.32. The number of esters is 1. The predicted octanol–water partition coefficient (Wildman–Crippen LogP) is 3.07. The van der Waals surface area contributed by atoms with Gasteiger partial charge < -0.3 is 4.74 Å². The number of rotatable bonds is 2. The molecule has 1 aromatic heterocycles. The summed E-state index contributed by atoms with van der Waals surface area (Å²) in [4.78, 5) is 34.1. The number of carbonyl (C=O) groups excluding carboxylic acids is 2. The van der Waals surface area contributed by atoms with Gasteiger partial charge in [0.25, 0.3) is 0 Å². The lowest BCUT2D eigenvalue weighted by Gasteiger charge is -2.40. The van der Waals surface area contributed by atoms with Gasteiger partial charge in [-0.05, 0) is 30.4 Å². The van der Waals surface area contributed by atoms with Crippen LogP contribution in [-0.4, -0.2) is 29.6 Å². The number of fused-ring (bicyclic) bond motifs is 1. The van der Waals surface area contributed by atoms with E-state index in [4.69, 9.17) is 4.74 Å². The number of ether oxygens (including phenoxy) is 1. The highest BCUT2D eigenvalue weighted by Crippen LogP contribution is 2.46. The molecule has 1 saturated carbocycles. The van der Waals surface area contributed by atoms with Crippen molar-refractivity contribution in [2.45, 2.75) is 39.5 Å². The summed E-state index contributed by atoms with van der Waals surface area (Å²) in [6.45, 7) is 5.97. The minimum atomic E-state index is -0.429. The van der Waals surface area contributed by atoms with Crippen molar-refractivity contribution in [2.24, 2.45) is 16.3 Å². The quantitative estimate of drug-likeness (QED) is 0.783. The number of Topliss-reactive ketones (excluding diaryl/α,β-unsaturated/α-hetero) is 1. The Labute approximate surface area is 141 Å². The van der Waals surface area contributed by atoms with Gasteiger partial charge >= 0.3 is 5.97 Å². The molecule has 0 spiro atoms. The largest absolute Gasteiger partial charge is 0.466 e. The molecular weight excluding hydrogens is 304 g/mol. The van der Waals surface area contributed by atoms with Crippen LogP contribution in [0.3, 0.4) is 0 Å². The van der Waals surface area contributed by atoms with Crippen molar-refractivity contribution < 1.29 is 14.3 Å². The lowest BCUT2D eigenvalue weighted by molar-refractivity contribution is -0.136. The van der Waals surface area contributed by atoms with E-state index in [1.54, 1.807) is 12.4 Å². The molecule has 0 bridgehead atoms. The zero-order valence-corrected chi connectivity index (χ0v) is 14.5. The molecule has 5 heteroatoms. The number of aromatic nitrogens is 1. The molecular formula is C19H22N2O3. The van der Waals surface area contributed by atoms with Crippen LogP contribution in [0.1, 0.15) is 45.1 Å². The first-order valence-electron chi connectivity index (χ1n) is 8.13. The lowest BCUT2D eigenvalue weighted by atomic mass is 9.63. The summed E-state index contributed by atoms with van der Waals surface area (Å²) in [5.41, 5.74) is 2.72. The van der Waals surface area contributed by atoms with Crippen LogP contribution in [0.4, 0.5) is 0 Å². The van der Waals surface area contributed by atoms with E-state index in [0.29, 0.717) is 17.7 Å². The molecule has 2 heterocycles. The molecule has 0 saturated heterocycles. The number of methoxy groups -OCH3 is 1. The maximum atomic E-state index is 12.9. The van der Waals surface area contributed by atoms with Crippen molar-refractivity contribution >= 4 is 17.5 Å². The molecule has 2 atom stereocenters. The van der Waals surface area contributed by atoms with Gasteiger partial charge in [0.15, 0.2) is 0 Å². The SMILES string of the molecule is COC(=O)C1=C(C)N=C2CC(C)(C)CC(=O)C2C1c1cccnc1. The highest BCUT2D eigenvalue weighted by molar-refractivity contribution is 6.12. The van der Waals surface area contributed by atoms with Gasteiger partial charge in [-0.25, -0.2) is 4.79 Å². The number of pyridine rings is 1. The molecule has 24 heavy (non-hydrogen) atoms. The average molecular weight is 326 g/mol. The average Bonchev–Trinajstić information content (AvgIpc) is 2.52. The minimum absolute atomic E-state index is 0.102. The molecule has 0 radical (unpaired) electrons. The van der Waals surface area contributed by atoms with Crippen molar-refractivity contribution in [1.82, 2.24) is 4.98 Å². The maximum absolute atomic E-state index is 12.9. The molecule has 1 aliphatic carbocycles. The Morgan fingerprint density at radius 2 is 2.04 bits per heavy atom. The third kappa shape index (κ3) is 2.79. The molecule has 1 aliphatic heterocycles. The van der Waals surface area contributed by atoms with Gasteiger partial charge in [-0.1, -0.05) is 19.9 Å². The van der Waals surface area contributed by atoms with E-state index in [-0.39, 0.29) is 17.1 Å². The standard InChI is InChI=1S/C19H22N2O3/c1-11-15(18(23)24-4)16(12-6-5-7-20-10-12)17-13(21-11)8-19(2,3)9-14(17)22/h5-7,10,16-17H,8-9H2,1-4H3. The molecule has 1 aromatic rings. The fraction of sp³-hybridized carbons (Fsp3) is 0.474. The fourth-order valence-electron chi connectivity index (χ4n) is 3.89. The van der Waals surface area contributed by atoms with E-state index < -0.39 is 11.9 Å². The summed E-state index contributed by atoms with van der Waals surface area (Å²) < 4.78 is 4.97. The molecule has 5 nitrogen and oxygen atoms in total. The first kappa shape index (κ1) is 16.6. The molecule has 3 rings (SSSR count). The normalized spacial score (nSPS) is 25.8. The third-order valence-corrected chi connectivity index (χ3v) is 4.81. The van der Waals surface area contributed by atoms with E-state index in [1.165, 1.54) is 7.11 Å². The fourth-order valence-corrected chi connectivity index (χ4v) is 3.89. The smallest absolute Gasteiger partial charge is 0.336 e. The first-order valence-corrected chi connectivity index (χ1v) is 8.13. The van der Waals surface area contributed by atoms with E-state index >= 15 is 0 Å². The summed E-state index contributed by atoms with van der Waals surface area (Å²) in [5.74, 6) is -1.07. The van der Waals surface area contributed by atoms with Crippen LogP contribution in [-0.2, 0) is 14.3 Å². The number of nitrogens with zero attached hydrogens (tertiary/aromatic N) is 2. The Balaban J connectivity index is 2.18. The van der Waals surface area contributed by atoms with Crippen LogP contribution in [0.5, 0.6) is 0 Å². The van der Waals surface area contributed by atoms with Crippen molar-refractivity contribution in [3.05, 3.63) is 41.4 Å². The summed E-state index contributed by atoms with van der Waals surface area (Å²) >= 11 is 0. The molecule has 0 amide bonds. The van der Waals surface area contributed by atoms with Crippen molar-refractivity contribution in [3.63, 3.8) is 0 Å². The summed E-state index contributed by atoms with van der Waals surface area (Å²) in [6, 6.07) is 3.73. The highest BCUT2D eigenvalue weighted by atomic mass is 16.5. The Hall–Kier alpha value is -2.30. The van der Waals surface area contributed by atoms with Gasteiger partial charge in [0.05, 0.1) is 18.6 Å². The van der Waals surface area contributed by atoms with E-state index in [1.807, 2.05) is 19.1 Å². The Morgan fingerprint density at radius 1 is 1.29 bits per heavy atom. The molecule has 1 fully saturated rings. The van der Waals surface area contributed by atoms with E-state index in [9.17, 15) is 9.59 Å². The first-order chi connectivity index (χ1) is 11.3. The number of hydrogen-bond donors (Lipinski definition) is 0. The van der Waals surface area contributed by atoms with Gasteiger partial charge in [0.2, 0.25) is 0 Å². The Morgan fingerprint density at radius 3 is 2.67 bits per heavy atom. The number of carbonyl (C=O) groups is 2. The second-order valence-electron chi connectivity index (χ2n) is 7.32. The van der Waals surface area contributed by atoms with Crippen molar-refractivity contribution in [1.29, 1.82) is 0 Å². The van der Waals surface area contributed by atoms with Crippen LogP contribution in [0.2, 0.25) is 0 Å². The third-order valence-electron chi connectivity index (χ3n) is 4.81. The molecule has 0 aromatic carbocycles. The topological polar surface area (TPSA) is 68.6 Å². The molecule has 126 valence electrons. The number of allylic oxidation sites excluding steroid dienone is 1. The molecule has 2 unspecified atom stereocenters. The van der Waals surface area contributed by atoms with Crippen LogP contribution in [0.25, 0.3) is 0 Å². The van der Waals surface area contributed by atoms with Crippen LogP contribution in [0, 0.1) is 11.3 Å². The lowest BCUT2D eigenvalue weighted by Crippen LogP contribution is -2.44. The number of hydrogen-bond acceptors (Lipinski definition) is 5. The Bertz CT molecular complexity index is 747. The van der Waals surface area contributed by atoms with Crippen LogP contribution in [0.15, 0.2) is 40.8 Å². The molecule has 0 N–H and O–H groups in total. The van der Waals surface area contributed by atoms with Gasteiger partial charge in [-0.15, -0.1) is 0 Å². The zero-order valence-electron chi connectivity index (χ0n) is 14.5. The summed E-state index contributed by atoms with van der Waals surface area (Å²) in [6.07, 6.45) is 4.64. The predicted molar refractivity (Wildman–Crippen MR) is 90.6 cm³/mol. The monoisotopic (exact) mass is 326 g/mol. The minimum Gasteiger partial charge on any atom is -0.466 e. The van der Waals surface area contributed by atoms with Gasteiger partial charge in [0, 0.05) is 36.1 Å². The highest BCUT2D eigenvalue weighted by Gasteiger charge is 2.47. The van der Waals surface area contributed by atoms with E-state index in [2.05, 4.69) is 23.8 Å². The van der Waals surface area contributed by atoms with Crippen LogP contribution < -0.4 is 0 Å². The van der Waals surface area contributed by atoms with Crippen LogP contribution >= 0.6 is 0 Å². The second kappa shape index (κ2) is 5.96.